The normalized spacial score (nSPS) is 12.2. The largest absolute Gasteiger partial charge is 0.462 e. The highest BCUT2D eigenvalue weighted by atomic mass is 16.6. The van der Waals surface area contributed by atoms with Crippen LogP contribution in [-0.2, 0) is 28.6 Å². The van der Waals surface area contributed by atoms with Crippen molar-refractivity contribution in [2.24, 2.45) is 0 Å². The number of rotatable bonds is 51. The zero-order valence-corrected chi connectivity index (χ0v) is 42.8. The minimum atomic E-state index is -0.793. The van der Waals surface area contributed by atoms with Crippen LogP contribution in [0.3, 0.4) is 0 Å². The fourth-order valence-corrected chi connectivity index (χ4v) is 8.14. The van der Waals surface area contributed by atoms with Crippen LogP contribution in [-0.4, -0.2) is 37.2 Å². The van der Waals surface area contributed by atoms with E-state index >= 15 is 0 Å². The highest BCUT2D eigenvalue weighted by Gasteiger charge is 2.19. The van der Waals surface area contributed by atoms with E-state index in [1.807, 2.05) is 6.08 Å². The van der Waals surface area contributed by atoms with E-state index in [0.717, 1.165) is 51.4 Å². The molecule has 0 N–H and O–H groups in total. The first-order valence-corrected chi connectivity index (χ1v) is 28.0. The molecule has 0 aliphatic rings. The molecule has 6 nitrogen and oxygen atoms in total. The topological polar surface area (TPSA) is 78.9 Å². The zero-order valence-electron chi connectivity index (χ0n) is 42.8. The maximum absolute atomic E-state index is 12.8. The van der Waals surface area contributed by atoms with Crippen molar-refractivity contribution in [3.63, 3.8) is 0 Å². The van der Waals surface area contributed by atoms with Gasteiger partial charge in [0.2, 0.25) is 0 Å². The minimum Gasteiger partial charge on any atom is -0.462 e. The van der Waals surface area contributed by atoms with Crippen molar-refractivity contribution >= 4 is 17.9 Å². The smallest absolute Gasteiger partial charge is 0.306 e. The van der Waals surface area contributed by atoms with Gasteiger partial charge in [0.25, 0.3) is 0 Å². The third-order valence-electron chi connectivity index (χ3n) is 12.4. The van der Waals surface area contributed by atoms with Crippen molar-refractivity contribution in [1.82, 2.24) is 0 Å². The van der Waals surface area contributed by atoms with Gasteiger partial charge < -0.3 is 14.2 Å². The quantitative estimate of drug-likeness (QED) is 0.0262. The number of unbranched alkanes of at least 4 members (excludes halogenated alkanes) is 34. The lowest BCUT2D eigenvalue weighted by molar-refractivity contribution is -0.166. The highest BCUT2D eigenvalue weighted by Crippen LogP contribution is 2.16. The van der Waals surface area contributed by atoms with Crippen LogP contribution in [0.4, 0.5) is 0 Å². The first-order chi connectivity index (χ1) is 31.5. The van der Waals surface area contributed by atoms with Gasteiger partial charge in [-0.3, -0.25) is 14.4 Å². The Bertz CT molecular complexity index is 1080. The molecule has 0 aliphatic heterocycles. The summed E-state index contributed by atoms with van der Waals surface area (Å²) in [5, 5.41) is 0. The second-order valence-corrected chi connectivity index (χ2v) is 18.8. The standard InChI is InChI=1S/C58H106O6/c1-4-7-10-13-16-19-22-25-27-28-29-31-33-36-39-42-45-48-51-57(60)63-54-55(53-62-56(59)50-47-44-41-38-35-32-24-21-18-15-12-9-6-3)64-58(61)52-49-46-43-40-37-34-30-26-23-20-17-14-11-8-5-2/h20,23,32,35,41,44,55H,4-19,21-22,24-31,33-34,36-40,42-43,45-54H2,1-3H3/b23-20-,35-32-,44-41-. The Morgan fingerprint density at radius 3 is 0.984 bits per heavy atom. The van der Waals surface area contributed by atoms with Crippen LogP contribution in [0.2, 0.25) is 0 Å². The Kier molecular flexibility index (Phi) is 51.3. The second-order valence-electron chi connectivity index (χ2n) is 18.8. The summed E-state index contributed by atoms with van der Waals surface area (Å²) in [4.78, 5) is 38.0. The molecular weight excluding hydrogens is 793 g/mol. The predicted octanol–water partition coefficient (Wildman–Crippen LogP) is 18.5. The highest BCUT2D eigenvalue weighted by molar-refractivity contribution is 5.71. The van der Waals surface area contributed by atoms with E-state index in [0.29, 0.717) is 19.3 Å². The molecule has 0 bridgehead atoms. The van der Waals surface area contributed by atoms with Crippen molar-refractivity contribution in [1.29, 1.82) is 0 Å². The third-order valence-corrected chi connectivity index (χ3v) is 12.4. The van der Waals surface area contributed by atoms with Crippen LogP contribution >= 0.6 is 0 Å². The molecule has 1 unspecified atom stereocenters. The summed E-state index contributed by atoms with van der Waals surface area (Å²) in [7, 11) is 0. The van der Waals surface area contributed by atoms with Gasteiger partial charge in [0.15, 0.2) is 6.10 Å². The lowest BCUT2D eigenvalue weighted by Gasteiger charge is -2.18. The molecule has 0 saturated heterocycles. The third kappa shape index (κ3) is 50.6. The van der Waals surface area contributed by atoms with Crippen LogP contribution in [0.15, 0.2) is 36.5 Å². The Morgan fingerprint density at radius 1 is 0.312 bits per heavy atom. The van der Waals surface area contributed by atoms with Crippen LogP contribution < -0.4 is 0 Å². The van der Waals surface area contributed by atoms with Gasteiger partial charge in [-0.15, -0.1) is 0 Å². The number of allylic oxidation sites excluding steroid dienone is 6. The molecule has 374 valence electrons. The molecule has 0 spiro atoms. The molecule has 1 atom stereocenters. The Labute approximate surface area is 397 Å². The molecule has 0 fully saturated rings. The van der Waals surface area contributed by atoms with E-state index < -0.39 is 6.10 Å². The van der Waals surface area contributed by atoms with E-state index in [1.165, 1.54) is 199 Å². The van der Waals surface area contributed by atoms with Crippen molar-refractivity contribution in [3.05, 3.63) is 36.5 Å². The van der Waals surface area contributed by atoms with Gasteiger partial charge in [0.1, 0.15) is 13.2 Å². The number of hydrogen-bond donors (Lipinski definition) is 0. The fraction of sp³-hybridized carbons (Fsp3) is 0.845. The monoisotopic (exact) mass is 899 g/mol. The molecule has 0 aliphatic carbocycles. The van der Waals surface area contributed by atoms with Crippen molar-refractivity contribution < 1.29 is 28.6 Å². The van der Waals surface area contributed by atoms with E-state index in [-0.39, 0.29) is 37.5 Å². The molecule has 0 aromatic heterocycles. The average molecular weight is 899 g/mol. The first-order valence-electron chi connectivity index (χ1n) is 28.0. The van der Waals surface area contributed by atoms with Gasteiger partial charge in [-0.05, 0) is 64.2 Å². The molecule has 0 rings (SSSR count). The average Bonchev–Trinajstić information content (AvgIpc) is 3.29. The first kappa shape index (κ1) is 61.6. The van der Waals surface area contributed by atoms with Gasteiger partial charge in [-0.25, -0.2) is 0 Å². The number of hydrogen-bond acceptors (Lipinski definition) is 6. The molecule has 0 saturated carbocycles. The molecule has 0 radical (unpaired) electrons. The number of esters is 3. The summed E-state index contributed by atoms with van der Waals surface area (Å²) in [5.41, 5.74) is 0. The predicted molar refractivity (Wildman–Crippen MR) is 275 cm³/mol. The van der Waals surface area contributed by atoms with Crippen LogP contribution in [0, 0.1) is 0 Å². The lowest BCUT2D eigenvalue weighted by atomic mass is 10.0. The Morgan fingerprint density at radius 2 is 0.594 bits per heavy atom. The van der Waals surface area contributed by atoms with Crippen LogP contribution in [0.25, 0.3) is 0 Å². The van der Waals surface area contributed by atoms with Crippen LogP contribution in [0.1, 0.15) is 297 Å². The molecular formula is C58H106O6. The summed E-state index contributed by atoms with van der Waals surface area (Å²) in [5.74, 6) is -0.948. The van der Waals surface area contributed by atoms with E-state index in [2.05, 4.69) is 51.2 Å². The lowest BCUT2D eigenvalue weighted by Crippen LogP contribution is -2.30. The fourth-order valence-electron chi connectivity index (χ4n) is 8.14. The number of carbonyl (C=O) groups excluding carboxylic acids is 3. The molecule has 0 amide bonds. The molecule has 0 aromatic rings. The van der Waals surface area contributed by atoms with E-state index in [4.69, 9.17) is 14.2 Å². The molecule has 0 aromatic carbocycles. The summed E-state index contributed by atoms with van der Waals surface area (Å²) in [6, 6.07) is 0. The maximum Gasteiger partial charge on any atom is 0.306 e. The maximum atomic E-state index is 12.8. The van der Waals surface area contributed by atoms with Crippen molar-refractivity contribution in [2.45, 2.75) is 303 Å². The Hall–Kier alpha value is -2.37. The van der Waals surface area contributed by atoms with E-state index in [1.54, 1.807) is 0 Å². The van der Waals surface area contributed by atoms with Gasteiger partial charge in [-0.1, -0.05) is 250 Å². The van der Waals surface area contributed by atoms with Crippen molar-refractivity contribution in [2.75, 3.05) is 13.2 Å². The number of carbonyl (C=O) groups is 3. The SMILES string of the molecule is CCCCCC/C=C\CCCCCCCCCC(=O)OC(COC(=O)CC/C=C\C/C=C\CCCCCCCC)COC(=O)CCCCCCCCCCCCCCCCCCCC. The second kappa shape index (κ2) is 53.2. The molecule has 0 heterocycles. The van der Waals surface area contributed by atoms with E-state index in [9.17, 15) is 14.4 Å². The minimum absolute atomic E-state index is 0.0874. The number of ether oxygens (including phenoxy) is 3. The van der Waals surface area contributed by atoms with Gasteiger partial charge in [0.05, 0.1) is 0 Å². The summed E-state index contributed by atoms with van der Waals surface area (Å²) in [6.07, 6.45) is 62.9. The Balaban J connectivity index is 4.37. The zero-order chi connectivity index (χ0) is 46.5. The summed E-state index contributed by atoms with van der Waals surface area (Å²) >= 11 is 0. The van der Waals surface area contributed by atoms with Gasteiger partial charge in [0, 0.05) is 19.3 Å². The summed E-state index contributed by atoms with van der Waals surface area (Å²) < 4.78 is 16.8. The summed E-state index contributed by atoms with van der Waals surface area (Å²) in [6.45, 7) is 6.60. The molecule has 64 heavy (non-hydrogen) atoms. The van der Waals surface area contributed by atoms with Crippen LogP contribution in [0.5, 0.6) is 0 Å². The van der Waals surface area contributed by atoms with Gasteiger partial charge in [-0.2, -0.15) is 0 Å². The van der Waals surface area contributed by atoms with Crippen molar-refractivity contribution in [3.8, 4) is 0 Å². The van der Waals surface area contributed by atoms with Gasteiger partial charge >= 0.3 is 17.9 Å². The molecule has 6 heteroatoms.